The molecule has 7 nitrogen and oxygen atoms in total. The van der Waals surface area contributed by atoms with Crippen LogP contribution in [0.4, 0.5) is 0 Å². The second-order valence-corrected chi connectivity index (χ2v) is 6.91. The van der Waals surface area contributed by atoms with Gasteiger partial charge in [0.1, 0.15) is 0 Å². The van der Waals surface area contributed by atoms with Crippen LogP contribution in [0.15, 0.2) is 9.95 Å². The van der Waals surface area contributed by atoms with Crippen molar-refractivity contribution < 1.29 is 9.53 Å². The number of ether oxygens (including phenoxy) is 1. The van der Waals surface area contributed by atoms with E-state index < -0.39 is 0 Å². The number of hydrogen-bond donors (Lipinski definition) is 2. The molecule has 8 heteroatoms. The summed E-state index contributed by atoms with van der Waals surface area (Å²) in [6, 6.07) is 0.341. The smallest absolute Gasteiger partial charge is 0.344 e. The first-order valence-corrected chi connectivity index (χ1v) is 8.25. The number of amides is 1. The number of aromatic nitrogens is 3. The summed E-state index contributed by atoms with van der Waals surface area (Å²) in [6.07, 6.45) is 4.18. The molecule has 1 aromatic rings. The van der Waals surface area contributed by atoms with Crippen LogP contribution in [0.1, 0.15) is 32.6 Å². The largest absolute Gasteiger partial charge is 0.376 e. The molecule has 1 amide bonds. The molecule has 1 saturated heterocycles. The lowest BCUT2D eigenvalue weighted by Crippen LogP contribution is -2.33. The SMILES string of the molecule is C[C@@H](Sc1n[nH]c(=O)n1C[C@H]1CCCO1)C(=O)NC1CC1. The quantitative estimate of drug-likeness (QED) is 0.747. The predicted molar refractivity (Wildman–Crippen MR) is 78.3 cm³/mol. The zero-order chi connectivity index (χ0) is 14.8. The van der Waals surface area contributed by atoms with Crippen molar-refractivity contribution in [1.82, 2.24) is 20.1 Å². The highest BCUT2D eigenvalue weighted by Gasteiger charge is 2.27. The van der Waals surface area contributed by atoms with Gasteiger partial charge in [-0.25, -0.2) is 9.89 Å². The van der Waals surface area contributed by atoms with Crippen LogP contribution < -0.4 is 11.0 Å². The summed E-state index contributed by atoms with van der Waals surface area (Å²) < 4.78 is 7.13. The number of nitrogens with zero attached hydrogens (tertiary/aromatic N) is 2. The lowest BCUT2D eigenvalue weighted by Gasteiger charge is -2.13. The van der Waals surface area contributed by atoms with E-state index in [1.807, 2.05) is 6.92 Å². The van der Waals surface area contributed by atoms with Gasteiger partial charge in [-0.1, -0.05) is 11.8 Å². The highest BCUT2D eigenvalue weighted by atomic mass is 32.2. The van der Waals surface area contributed by atoms with Crippen LogP contribution in [-0.2, 0) is 16.1 Å². The number of H-pyrrole nitrogens is 1. The molecule has 0 aromatic carbocycles. The molecular weight excluding hydrogens is 292 g/mol. The van der Waals surface area contributed by atoms with E-state index in [-0.39, 0.29) is 23.0 Å². The molecule has 116 valence electrons. The van der Waals surface area contributed by atoms with Crippen LogP contribution in [0.25, 0.3) is 0 Å². The number of carbonyl (C=O) groups is 1. The third-order valence-corrected chi connectivity index (χ3v) is 4.80. The Labute approximate surface area is 126 Å². The maximum atomic E-state index is 12.0. The summed E-state index contributed by atoms with van der Waals surface area (Å²) in [6.45, 7) is 3.08. The van der Waals surface area contributed by atoms with Crippen LogP contribution in [-0.4, -0.2) is 44.7 Å². The minimum Gasteiger partial charge on any atom is -0.376 e. The molecule has 1 aromatic heterocycles. The number of hydrogen-bond acceptors (Lipinski definition) is 5. The maximum Gasteiger partial charge on any atom is 0.344 e. The number of thioether (sulfide) groups is 1. The van der Waals surface area contributed by atoms with Crippen molar-refractivity contribution in [1.29, 1.82) is 0 Å². The Morgan fingerprint density at radius 1 is 1.57 bits per heavy atom. The minimum absolute atomic E-state index is 0.00150. The van der Waals surface area contributed by atoms with Crippen molar-refractivity contribution in [3.05, 3.63) is 10.5 Å². The summed E-state index contributed by atoms with van der Waals surface area (Å²) in [4.78, 5) is 23.8. The van der Waals surface area contributed by atoms with Crippen molar-refractivity contribution >= 4 is 17.7 Å². The Morgan fingerprint density at radius 3 is 3.05 bits per heavy atom. The van der Waals surface area contributed by atoms with Crippen molar-refractivity contribution in [3.8, 4) is 0 Å². The van der Waals surface area contributed by atoms with E-state index >= 15 is 0 Å². The van der Waals surface area contributed by atoms with Crippen LogP contribution >= 0.6 is 11.8 Å². The second-order valence-electron chi connectivity index (χ2n) is 5.60. The van der Waals surface area contributed by atoms with Gasteiger partial charge in [-0.15, -0.1) is 5.10 Å². The van der Waals surface area contributed by atoms with E-state index in [0.717, 1.165) is 32.3 Å². The molecule has 0 bridgehead atoms. The molecule has 1 aliphatic heterocycles. The average Bonchev–Trinajstić information content (AvgIpc) is 3.00. The first kappa shape index (κ1) is 14.6. The molecule has 0 unspecified atom stereocenters. The van der Waals surface area contributed by atoms with Gasteiger partial charge in [0, 0.05) is 12.6 Å². The van der Waals surface area contributed by atoms with E-state index in [4.69, 9.17) is 4.74 Å². The van der Waals surface area contributed by atoms with Crippen molar-refractivity contribution in [2.24, 2.45) is 0 Å². The third kappa shape index (κ3) is 3.68. The molecule has 2 heterocycles. The number of rotatable bonds is 6. The minimum atomic E-state index is -0.274. The summed E-state index contributed by atoms with van der Waals surface area (Å²) >= 11 is 1.31. The lowest BCUT2D eigenvalue weighted by molar-refractivity contribution is -0.120. The van der Waals surface area contributed by atoms with E-state index in [2.05, 4.69) is 15.5 Å². The Hall–Kier alpha value is -1.28. The van der Waals surface area contributed by atoms with E-state index in [1.165, 1.54) is 11.8 Å². The third-order valence-electron chi connectivity index (χ3n) is 3.71. The molecule has 0 spiro atoms. The fourth-order valence-electron chi connectivity index (χ4n) is 2.30. The molecule has 2 atom stereocenters. The number of aromatic amines is 1. The zero-order valence-corrected chi connectivity index (χ0v) is 12.8. The maximum absolute atomic E-state index is 12.0. The van der Waals surface area contributed by atoms with Crippen LogP contribution in [0, 0.1) is 0 Å². The fraction of sp³-hybridized carbons (Fsp3) is 0.769. The normalized spacial score (nSPS) is 23.2. The monoisotopic (exact) mass is 312 g/mol. The molecule has 3 rings (SSSR count). The lowest BCUT2D eigenvalue weighted by atomic mass is 10.2. The first-order chi connectivity index (χ1) is 10.1. The average molecular weight is 312 g/mol. The van der Waals surface area contributed by atoms with E-state index in [9.17, 15) is 9.59 Å². The standard InChI is InChI=1S/C13H20N4O3S/c1-8(11(18)14-9-4-5-9)21-13-16-15-12(19)17(13)7-10-3-2-6-20-10/h8-10H,2-7H2,1H3,(H,14,18)(H,15,19)/t8-,10-/m1/s1. The van der Waals surface area contributed by atoms with Gasteiger partial charge in [-0.05, 0) is 32.6 Å². The summed E-state index contributed by atoms with van der Waals surface area (Å²) in [5.74, 6) is 0.00150. The van der Waals surface area contributed by atoms with Gasteiger partial charge in [0.25, 0.3) is 0 Å². The number of nitrogens with one attached hydrogen (secondary N) is 2. The second kappa shape index (κ2) is 6.23. The highest BCUT2D eigenvalue weighted by Crippen LogP contribution is 2.24. The molecular formula is C13H20N4O3S. The van der Waals surface area contributed by atoms with Crippen molar-refractivity contribution in [2.45, 2.75) is 61.7 Å². The van der Waals surface area contributed by atoms with Crippen LogP contribution in [0.5, 0.6) is 0 Å². The van der Waals surface area contributed by atoms with Gasteiger partial charge in [0.15, 0.2) is 5.16 Å². The zero-order valence-electron chi connectivity index (χ0n) is 12.0. The summed E-state index contributed by atoms with van der Waals surface area (Å²) in [7, 11) is 0. The predicted octanol–water partition coefficient (Wildman–Crippen LogP) is 0.510. The van der Waals surface area contributed by atoms with Crippen LogP contribution in [0.2, 0.25) is 0 Å². The molecule has 0 radical (unpaired) electrons. The Morgan fingerprint density at radius 2 is 2.38 bits per heavy atom. The van der Waals surface area contributed by atoms with E-state index in [0.29, 0.717) is 17.7 Å². The summed E-state index contributed by atoms with van der Waals surface area (Å²) in [5, 5.41) is 9.73. The fourth-order valence-corrected chi connectivity index (χ4v) is 3.18. The first-order valence-electron chi connectivity index (χ1n) is 7.37. The van der Waals surface area contributed by atoms with Crippen molar-refractivity contribution in [3.63, 3.8) is 0 Å². The Balaban J connectivity index is 1.63. The van der Waals surface area contributed by atoms with Gasteiger partial charge < -0.3 is 10.1 Å². The molecule has 1 aliphatic carbocycles. The topological polar surface area (TPSA) is 89.0 Å². The van der Waals surface area contributed by atoms with E-state index in [1.54, 1.807) is 4.57 Å². The molecule has 1 saturated carbocycles. The van der Waals surface area contributed by atoms with Crippen molar-refractivity contribution in [2.75, 3.05) is 6.61 Å². The summed E-state index contributed by atoms with van der Waals surface area (Å²) in [5.41, 5.74) is -0.247. The van der Waals surface area contributed by atoms with Gasteiger partial charge in [0.2, 0.25) is 5.91 Å². The molecule has 2 aliphatic rings. The molecule has 21 heavy (non-hydrogen) atoms. The highest BCUT2D eigenvalue weighted by molar-refractivity contribution is 8.00. The Kier molecular flexibility index (Phi) is 4.34. The number of carbonyl (C=O) groups excluding carboxylic acids is 1. The van der Waals surface area contributed by atoms with Gasteiger partial charge in [-0.2, -0.15) is 0 Å². The van der Waals surface area contributed by atoms with Gasteiger partial charge in [0.05, 0.1) is 17.9 Å². The molecule has 2 fully saturated rings. The van der Waals surface area contributed by atoms with Gasteiger partial charge >= 0.3 is 5.69 Å². The van der Waals surface area contributed by atoms with Gasteiger partial charge in [-0.3, -0.25) is 9.36 Å². The molecule has 2 N–H and O–H groups in total. The Bertz CT molecular complexity index is 560. The van der Waals surface area contributed by atoms with Crippen LogP contribution in [0.3, 0.4) is 0 Å².